The van der Waals surface area contributed by atoms with Gasteiger partial charge in [0.15, 0.2) is 9.84 Å². The highest BCUT2D eigenvalue weighted by Crippen LogP contribution is 2.35. The molecule has 0 aliphatic heterocycles. The predicted octanol–water partition coefficient (Wildman–Crippen LogP) is 3.06. The van der Waals surface area contributed by atoms with Crippen molar-refractivity contribution in [1.82, 2.24) is 0 Å². The van der Waals surface area contributed by atoms with Crippen LogP contribution in [0.1, 0.15) is 17.9 Å². The quantitative estimate of drug-likeness (QED) is 0.802. The second kappa shape index (κ2) is 5.46. The molecule has 0 saturated carbocycles. The molecule has 0 amide bonds. The van der Waals surface area contributed by atoms with Gasteiger partial charge in [0.05, 0.1) is 17.7 Å². The van der Waals surface area contributed by atoms with Crippen LogP contribution >= 0.6 is 23.2 Å². The summed E-state index contributed by atoms with van der Waals surface area (Å²) in [6, 6.07) is 4.99. The largest absolute Gasteiger partial charge is 0.497 e. The number of rotatable bonds is 4. The third kappa shape index (κ3) is 3.50. The molecule has 17 heavy (non-hydrogen) atoms. The number of methoxy groups -OCH3 is 1. The molecular formula is C11H14Cl2O3S. The lowest BCUT2D eigenvalue weighted by molar-refractivity contribution is 0.414. The van der Waals surface area contributed by atoms with E-state index in [1.165, 1.54) is 7.11 Å². The molecule has 3 nitrogen and oxygen atoms in total. The number of halogens is 2. The van der Waals surface area contributed by atoms with E-state index in [-0.39, 0.29) is 0 Å². The first-order valence-electron chi connectivity index (χ1n) is 4.93. The van der Waals surface area contributed by atoms with Crippen LogP contribution in [-0.4, -0.2) is 27.0 Å². The van der Waals surface area contributed by atoms with E-state index in [0.717, 1.165) is 6.26 Å². The van der Waals surface area contributed by atoms with Crippen molar-refractivity contribution in [3.63, 3.8) is 0 Å². The first-order chi connectivity index (χ1) is 7.77. The molecule has 0 fully saturated rings. The Hall–Kier alpha value is -0.450. The van der Waals surface area contributed by atoms with Gasteiger partial charge in [-0.1, -0.05) is 17.7 Å². The molecule has 0 spiro atoms. The molecule has 0 heterocycles. The smallest absolute Gasteiger partial charge is 0.151 e. The minimum atomic E-state index is -3.20. The molecule has 0 saturated heterocycles. The summed E-state index contributed by atoms with van der Waals surface area (Å²) in [4.78, 5) is 0. The van der Waals surface area contributed by atoms with E-state index in [9.17, 15) is 8.42 Å². The SMILES string of the molecule is COc1ccc(C(Cl)C(C)S(C)(=O)=O)c(Cl)c1. The number of hydrogen-bond acceptors (Lipinski definition) is 3. The van der Waals surface area contributed by atoms with Crippen LogP contribution in [0.3, 0.4) is 0 Å². The number of sulfone groups is 1. The molecule has 0 aliphatic rings. The third-order valence-electron chi connectivity index (χ3n) is 2.59. The molecule has 2 atom stereocenters. The summed E-state index contributed by atoms with van der Waals surface area (Å²) in [6.45, 7) is 1.56. The van der Waals surface area contributed by atoms with Crippen molar-refractivity contribution in [3.05, 3.63) is 28.8 Å². The van der Waals surface area contributed by atoms with Crippen molar-refractivity contribution in [1.29, 1.82) is 0 Å². The standard InChI is InChI=1S/C11H14Cl2O3S/c1-7(17(3,14)15)11(13)9-5-4-8(16-2)6-10(9)12/h4-7,11H,1-3H3. The summed E-state index contributed by atoms with van der Waals surface area (Å²) in [7, 11) is -1.67. The van der Waals surface area contributed by atoms with Crippen LogP contribution in [0.4, 0.5) is 0 Å². The monoisotopic (exact) mass is 296 g/mol. The Morgan fingerprint density at radius 3 is 2.35 bits per heavy atom. The molecule has 96 valence electrons. The summed E-state index contributed by atoms with van der Waals surface area (Å²) < 4.78 is 27.9. The number of benzene rings is 1. The fraction of sp³-hybridized carbons (Fsp3) is 0.455. The number of hydrogen-bond donors (Lipinski definition) is 0. The van der Waals surface area contributed by atoms with E-state index in [1.54, 1.807) is 25.1 Å². The predicted molar refractivity (Wildman–Crippen MR) is 70.9 cm³/mol. The van der Waals surface area contributed by atoms with E-state index in [1.807, 2.05) is 0 Å². The maximum absolute atomic E-state index is 11.4. The highest BCUT2D eigenvalue weighted by Gasteiger charge is 2.27. The van der Waals surface area contributed by atoms with Crippen LogP contribution in [0.25, 0.3) is 0 Å². The van der Waals surface area contributed by atoms with Gasteiger partial charge in [0, 0.05) is 11.3 Å². The molecule has 0 N–H and O–H groups in total. The number of alkyl halides is 1. The Kier molecular flexibility index (Phi) is 4.69. The van der Waals surface area contributed by atoms with Gasteiger partial charge in [-0.05, 0) is 24.6 Å². The van der Waals surface area contributed by atoms with Gasteiger partial charge in [0.2, 0.25) is 0 Å². The van der Waals surface area contributed by atoms with Gasteiger partial charge < -0.3 is 4.74 Å². The summed E-state index contributed by atoms with van der Waals surface area (Å²) >= 11 is 12.2. The Morgan fingerprint density at radius 1 is 1.35 bits per heavy atom. The first-order valence-corrected chi connectivity index (χ1v) is 7.70. The fourth-order valence-electron chi connectivity index (χ4n) is 1.33. The first kappa shape index (κ1) is 14.6. The van der Waals surface area contributed by atoms with Crippen molar-refractivity contribution in [2.75, 3.05) is 13.4 Å². The van der Waals surface area contributed by atoms with Gasteiger partial charge >= 0.3 is 0 Å². The maximum atomic E-state index is 11.4. The van der Waals surface area contributed by atoms with Crippen molar-refractivity contribution < 1.29 is 13.2 Å². The normalized spacial score (nSPS) is 15.4. The second-order valence-electron chi connectivity index (χ2n) is 3.82. The Labute approximate surface area is 112 Å². The van der Waals surface area contributed by atoms with E-state index < -0.39 is 20.5 Å². The summed E-state index contributed by atoms with van der Waals surface area (Å²) in [6.07, 6.45) is 1.16. The van der Waals surface area contributed by atoms with Crippen molar-refractivity contribution >= 4 is 33.0 Å². The van der Waals surface area contributed by atoms with Crippen LogP contribution in [0.5, 0.6) is 5.75 Å². The van der Waals surface area contributed by atoms with E-state index in [2.05, 4.69) is 0 Å². The summed E-state index contributed by atoms with van der Waals surface area (Å²) in [5.74, 6) is 0.606. The zero-order chi connectivity index (χ0) is 13.2. The Balaban J connectivity index is 3.09. The third-order valence-corrected chi connectivity index (χ3v) is 5.30. The molecular weight excluding hydrogens is 283 g/mol. The highest BCUT2D eigenvalue weighted by molar-refractivity contribution is 7.91. The number of ether oxygens (including phenoxy) is 1. The van der Waals surface area contributed by atoms with Gasteiger partial charge in [-0.2, -0.15) is 0 Å². The van der Waals surface area contributed by atoms with E-state index in [0.29, 0.717) is 16.3 Å². The van der Waals surface area contributed by atoms with Crippen molar-refractivity contribution in [3.8, 4) is 5.75 Å². The zero-order valence-electron chi connectivity index (χ0n) is 9.78. The second-order valence-corrected chi connectivity index (χ2v) is 7.10. The van der Waals surface area contributed by atoms with Gasteiger partial charge in [0.25, 0.3) is 0 Å². The van der Waals surface area contributed by atoms with Crippen LogP contribution < -0.4 is 4.74 Å². The van der Waals surface area contributed by atoms with Crippen molar-refractivity contribution in [2.45, 2.75) is 17.6 Å². The summed E-state index contributed by atoms with van der Waals surface area (Å²) in [5.41, 5.74) is 0.590. The van der Waals surface area contributed by atoms with Crippen LogP contribution in [0.15, 0.2) is 18.2 Å². The van der Waals surface area contributed by atoms with Crippen LogP contribution in [-0.2, 0) is 9.84 Å². The minimum absolute atomic E-state index is 0.403. The fourth-order valence-corrected chi connectivity index (χ4v) is 3.00. The maximum Gasteiger partial charge on any atom is 0.151 e. The van der Waals surface area contributed by atoms with Crippen LogP contribution in [0, 0.1) is 0 Å². The minimum Gasteiger partial charge on any atom is -0.497 e. The molecule has 0 radical (unpaired) electrons. The Bertz CT molecular complexity index is 499. The molecule has 6 heteroatoms. The lowest BCUT2D eigenvalue weighted by atomic mass is 10.1. The van der Waals surface area contributed by atoms with E-state index in [4.69, 9.17) is 27.9 Å². The molecule has 1 aromatic carbocycles. The van der Waals surface area contributed by atoms with Crippen molar-refractivity contribution in [2.24, 2.45) is 0 Å². The van der Waals surface area contributed by atoms with E-state index >= 15 is 0 Å². The highest BCUT2D eigenvalue weighted by atomic mass is 35.5. The topological polar surface area (TPSA) is 43.4 Å². The molecule has 1 aromatic rings. The molecule has 0 aliphatic carbocycles. The lowest BCUT2D eigenvalue weighted by Crippen LogP contribution is -2.21. The average Bonchev–Trinajstić information content (AvgIpc) is 2.25. The van der Waals surface area contributed by atoms with Gasteiger partial charge in [-0.25, -0.2) is 8.42 Å². The lowest BCUT2D eigenvalue weighted by Gasteiger charge is -2.18. The van der Waals surface area contributed by atoms with Gasteiger partial charge in [-0.3, -0.25) is 0 Å². The summed E-state index contributed by atoms with van der Waals surface area (Å²) in [5, 5.41) is -0.974. The molecule has 1 rings (SSSR count). The zero-order valence-corrected chi connectivity index (χ0v) is 12.1. The molecule has 0 bridgehead atoms. The molecule has 2 unspecified atom stereocenters. The molecule has 0 aromatic heterocycles. The van der Waals surface area contributed by atoms with Gasteiger partial charge in [0.1, 0.15) is 5.75 Å². The van der Waals surface area contributed by atoms with Gasteiger partial charge in [-0.15, -0.1) is 11.6 Å². The average molecular weight is 297 g/mol. The van der Waals surface area contributed by atoms with Crippen LogP contribution in [0.2, 0.25) is 5.02 Å². The Morgan fingerprint density at radius 2 is 1.94 bits per heavy atom.